The number of likely N-dealkylation sites (tertiary alicyclic amines) is 1. The van der Waals surface area contributed by atoms with Crippen molar-refractivity contribution in [2.45, 2.75) is 12.8 Å². The molecule has 0 radical (unpaired) electrons. The average molecular weight is 393 g/mol. The maximum Gasteiger partial charge on any atom is 0.263 e. The van der Waals surface area contributed by atoms with Gasteiger partial charge in [0.2, 0.25) is 5.91 Å². The molecule has 1 N–H and O–H groups in total. The van der Waals surface area contributed by atoms with E-state index in [9.17, 15) is 9.59 Å². The van der Waals surface area contributed by atoms with Gasteiger partial charge in [0.25, 0.3) is 5.91 Å². The fourth-order valence-electron chi connectivity index (χ4n) is 2.70. The maximum absolute atomic E-state index is 12.4. The summed E-state index contributed by atoms with van der Waals surface area (Å²) < 4.78 is 0.874. The molecule has 0 aliphatic carbocycles. The van der Waals surface area contributed by atoms with Crippen LogP contribution in [0.2, 0.25) is 0 Å². The van der Waals surface area contributed by atoms with E-state index in [0.717, 1.165) is 15.0 Å². The van der Waals surface area contributed by atoms with E-state index < -0.39 is 0 Å². The number of halogens is 1. The van der Waals surface area contributed by atoms with Gasteiger partial charge < -0.3 is 10.2 Å². The van der Waals surface area contributed by atoms with Crippen LogP contribution in [0.25, 0.3) is 0 Å². The summed E-state index contributed by atoms with van der Waals surface area (Å²) >= 11 is 4.89. The van der Waals surface area contributed by atoms with Gasteiger partial charge in [-0.15, -0.1) is 11.3 Å². The van der Waals surface area contributed by atoms with E-state index >= 15 is 0 Å². The summed E-state index contributed by atoms with van der Waals surface area (Å²) in [6.45, 7) is 1.26. The molecule has 0 atom stereocenters. The van der Waals surface area contributed by atoms with Crippen LogP contribution in [0, 0.1) is 5.92 Å². The number of carbonyl (C=O) groups is 2. The lowest BCUT2D eigenvalue weighted by Gasteiger charge is -2.31. The van der Waals surface area contributed by atoms with Crippen molar-refractivity contribution >= 4 is 44.8 Å². The summed E-state index contributed by atoms with van der Waals surface area (Å²) in [4.78, 5) is 27.3. The lowest BCUT2D eigenvalue weighted by molar-refractivity contribution is -0.121. The Labute approximate surface area is 147 Å². The molecule has 3 rings (SSSR count). The molecule has 1 aromatic heterocycles. The van der Waals surface area contributed by atoms with Gasteiger partial charge in [-0.25, -0.2) is 0 Å². The molecule has 0 bridgehead atoms. The fourth-order valence-corrected chi connectivity index (χ4v) is 3.77. The Bertz CT molecular complexity index is 694. The quantitative estimate of drug-likeness (QED) is 0.857. The first-order chi connectivity index (χ1) is 11.1. The monoisotopic (exact) mass is 392 g/mol. The third-order valence-electron chi connectivity index (χ3n) is 4.02. The van der Waals surface area contributed by atoms with Crippen LogP contribution in [0.5, 0.6) is 0 Å². The van der Waals surface area contributed by atoms with Gasteiger partial charge in [-0.3, -0.25) is 9.59 Å². The van der Waals surface area contributed by atoms with Gasteiger partial charge in [0.05, 0.1) is 10.6 Å². The molecular weight excluding hydrogens is 376 g/mol. The lowest BCUT2D eigenvalue weighted by atomic mass is 9.95. The van der Waals surface area contributed by atoms with Crippen LogP contribution in [0.4, 0.5) is 5.69 Å². The number of carbonyl (C=O) groups excluding carboxylic acids is 2. The first-order valence-electron chi connectivity index (χ1n) is 7.53. The number of piperidine rings is 1. The molecule has 0 unspecified atom stereocenters. The second kappa shape index (κ2) is 7.27. The highest BCUT2D eigenvalue weighted by Crippen LogP contribution is 2.25. The normalized spacial score (nSPS) is 15.4. The minimum absolute atomic E-state index is 0.0279. The number of anilines is 1. The van der Waals surface area contributed by atoms with Crippen LogP contribution in [0.15, 0.2) is 46.3 Å². The predicted molar refractivity (Wildman–Crippen MR) is 95.7 cm³/mol. The maximum atomic E-state index is 12.4. The summed E-state index contributed by atoms with van der Waals surface area (Å²) in [5.74, 6) is 0.0549. The molecule has 1 saturated heterocycles. The Kier molecular flexibility index (Phi) is 5.13. The molecule has 2 amide bonds. The Balaban J connectivity index is 1.55. The molecule has 6 heteroatoms. The van der Waals surface area contributed by atoms with Crippen molar-refractivity contribution in [3.8, 4) is 0 Å². The first kappa shape index (κ1) is 16.2. The van der Waals surface area contributed by atoms with Gasteiger partial charge in [-0.1, -0.05) is 18.2 Å². The molecule has 0 spiro atoms. The van der Waals surface area contributed by atoms with Gasteiger partial charge >= 0.3 is 0 Å². The summed E-state index contributed by atoms with van der Waals surface area (Å²) in [5, 5.41) is 4.87. The average Bonchev–Trinajstić information content (AvgIpc) is 3.11. The first-order valence-corrected chi connectivity index (χ1v) is 9.20. The van der Waals surface area contributed by atoms with Gasteiger partial charge in [0, 0.05) is 23.5 Å². The molecule has 1 aliphatic heterocycles. The molecule has 0 saturated carbocycles. The van der Waals surface area contributed by atoms with E-state index in [1.54, 1.807) is 0 Å². The van der Waals surface area contributed by atoms with Crippen LogP contribution < -0.4 is 5.32 Å². The topological polar surface area (TPSA) is 49.4 Å². The largest absolute Gasteiger partial charge is 0.338 e. The molecule has 1 aliphatic rings. The minimum atomic E-state index is -0.0468. The van der Waals surface area contributed by atoms with Crippen molar-refractivity contribution in [2.24, 2.45) is 5.92 Å². The van der Waals surface area contributed by atoms with Crippen LogP contribution in [-0.4, -0.2) is 29.8 Å². The molecule has 120 valence electrons. The SMILES string of the molecule is O=C(Nc1ccccc1Br)C1CCN(C(=O)c2cccs2)CC1. The third-order valence-corrected chi connectivity index (χ3v) is 5.57. The Morgan fingerprint density at radius 3 is 2.52 bits per heavy atom. The van der Waals surface area contributed by atoms with Crippen molar-refractivity contribution in [1.29, 1.82) is 0 Å². The predicted octanol–water partition coefficient (Wildman–Crippen LogP) is 4.00. The van der Waals surface area contributed by atoms with Crippen molar-refractivity contribution in [1.82, 2.24) is 4.90 Å². The number of amides is 2. The highest BCUT2D eigenvalue weighted by atomic mass is 79.9. The smallest absolute Gasteiger partial charge is 0.263 e. The Morgan fingerprint density at radius 2 is 1.87 bits per heavy atom. The van der Waals surface area contributed by atoms with E-state index in [1.165, 1.54) is 11.3 Å². The highest BCUT2D eigenvalue weighted by Gasteiger charge is 2.28. The Morgan fingerprint density at radius 1 is 1.13 bits per heavy atom. The van der Waals surface area contributed by atoms with Gasteiger partial charge in [0.15, 0.2) is 0 Å². The van der Waals surface area contributed by atoms with E-state index in [-0.39, 0.29) is 17.7 Å². The third kappa shape index (κ3) is 3.82. The van der Waals surface area contributed by atoms with Crippen LogP contribution >= 0.6 is 27.3 Å². The molecular formula is C17H17BrN2O2S. The molecule has 1 aromatic carbocycles. The number of para-hydroxylation sites is 1. The van der Waals surface area contributed by atoms with E-state index in [2.05, 4.69) is 21.2 Å². The summed E-state index contributed by atoms with van der Waals surface area (Å²) in [7, 11) is 0. The van der Waals surface area contributed by atoms with Crippen molar-refractivity contribution in [2.75, 3.05) is 18.4 Å². The molecule has 23 heavy (non-hydrogen) atoms. The number of thiophene rings is 1. The fraction of sp³-hybridized carbons (Fsp3) is 0.294. The van der Waals surface area contributed by atoms with Gasteiger partial charge in [-0.05, 0) is 52.4 Å². The zero-order valence-electron chi connectivity index (χ0n) is 12.5. The molecule has 2 heterocycles. The number of nitrogens with zero attached hydrogens (tertiary/aromatic N) is 1. The number of hydrogen-bond acceptors (Lipinski definition) is 3. The zero-order valence-corrected chi connectivity index (χ0v) is 14.9. The van der Waals surface area contributed by atoms with E-state index in [0.29, 0.717) is 25.9 Å². The van der Waals surface area contributed by atoms with Crippen LogP contribution in [0.1, 0.15) is 22.5 Å². The molecule has 2 aromatic rings. The van der Waals surface area contributed by atoms with Crippen molar-refractivity contribution in [3.05, 3.63) is 51.1 Å². The number of hydrogen-bond donors (Lipinski definition) is 1. The molecule has 4 nitrogen and oxygen atoms in total. The van der Waals surface area contributed by atoms with E-state index in [4.69, 9.17) is 0 Å². The number of rotatable bonds is 3. The summed E-state index contributed by atoms with van der Waals surface area (Å²) in [6.07, 6.45) is 1.40. The van der Waals surface area contributed by atoms with Crippen molar-refractivity contribution in [3.63, 3.8) is 0 Å². The zero-order chi connectivity index (χ0) is 16.2. The van der Waals surface area contributed by atoms with Crippen molar-refractivity contribution < 1.29 is 9.59 Å². The second-order valence-electron chi connectivity index (χ2n) is 5.51. The summed E-state index contributed by atoms with van der Waals surface area (Å²) in [6, 6.07) is 11.3. The van der Waals surface area contributed by atoms with Crippen LogP contribution in [-0.2, 0) is 4.79 Å². The summed E-state index contributed by atoms with van der Waals surface area (Å²) in [5.41, 5.74) is 0.787. The standard InChI is InChI=1S/C17H17BrN2O2S/c18-13-4-1-2-5-14(13)19-16(21)12-7-9-20(10-8-12)17(22)15-6-3-11-23-15/h1-6,11-12H,7-10H2,(H,19,21). The Hall–Kier alpha value is -1.66. The van der Waals surface area contributed by atoms with Gasteiger partial charge in [0.1, 0.15) is 0 Å². The van der Waals surface area contributed by atoms with Crippen LogP contribution in [0.3, 0.4) is 0 Å². The molecule has 1 fully saturated rings. The number of nitrogens with one attached hydrogen (secondary N) is 1. The minimum Gasteiger partial charge on any atom is -0.338 e. The second-order valence-corrected chi connectivity index (χ2v) is 7.31. The van der Waals surface area contributed by atoms with E-state index in [1.807, 2.05) is 46.7 Å². The lowest BCUT2D eigenvalue weighted by Crippen LogP contribution is -2.41. The van der Waals surface area contributed by atoms with Gasteiger partial charge in [-0.2, -0.15) is 0 Å². The number of benzene rings is 1. The highest BCUT2D eigenvalue weighted by molar-refractivity contribution is 9.10.